The molecule has 0 unspecified atom stereocenters. The molecule has 1 aromatic carbocycles. The molecule has 94 valence electrons. The van der Waals surface area contributed by atoms with Crippen molar-refractivity contribution in [2.24, 2.45) is 7.05 Å². The molecule has 0 fully saturated rings. The van der Waals surface area contributed by atoms with E-state index in [9.17, 15) is 0 Å². The maximum atomic E-state index is 6.40. The molecule has 2 heterocycles. The first kappa shape index (κ1) is 10.6. The molecule has 0 saturated heterocycles. The van der Waals surface area contributed by atoms with Crippen LogP contribution in [0.3, 0.4) is 0 Å². The van der Waals surface area contributed by atoms with Crippen molar-refractivity contribution in [1.29, 1.82) is 0 Å². The van der Waals surface area contributed by atoms with Crippen LogP contribution in [0.1, 0.15) is 11.3 Å². The van der Waals surface area contributed by atoms with Crippen molar-refractivity contribution >= 4 is 16.6 Å². The van der Waals surface area contributed by atoms with E-state index in [1.54, 1.807) is 0 Å². The van der Waals surface area contributed by atoms with Crippen LogP contribution < -0.4 is 5.73 Å². The van der Waals surface area contributed by atoms with Crippen LogP contribution in [0.5, 0.6) is 0 Å². The van der Waals surface area contributed by atoms with E-state index in [1.807, 2.05) is 42.2 Å². The van der Waals surface area contributed by atoms with Crippen molar-refractivity contribution in [2.45, 2.75) is 12.8 Å². The van der Waals surface area contributed by atoms with E-state index in [4.69, 9.17) is 10.7 Å². The Hall–Kier alpha value is -2.36. The predicted molar refractivity (Wildman–Crippen MR) is 75.8 cm³/mol. The van der Waals surface area contributed by atoms with Gasteiger partial charge in [-0.25, -0.2) is 0 Å². The van der Waals surface area contributed by atoms with Crippen LogP contribution in [-0.2, 0) is 19.9 Å². The summed E-state index contributed by atoms with van der Waals surface area (Å²) in [6.45, 7) is 0. The number of aryl methyl sites for hydroxylation is 3. The minimum absolute atomic E-state index is 0.824. The van der Waals surface area contributed by atoms with E-state index in [0.29, 0.717) is 0 Å². The Balaban J connectivity index is 2.15. The molecule has 3 aromatic rings. The summed E-state index contributed by atoms with van der Waals surface area (Å²) in [4.78, 5) is 4.78. The van der Waals surface area contributed by atoms with Gasteiger partial charge < -0.3 is 5.73 Å². The van der Waals surface area contributed by atoms with Gasteiger partial charge >= 0.3 is 0 Å². The summed E-state index contributed by atoms with van der Waals surface area (Å²) in [5.74, 6) is 0. The predicted octanol–water partition coefficient (Wildman–Crippen LogP) is 2.32. The number of benzene rings is 1. The van der Waals surface area contributed by atoms with Crippen molar-refractivity contribution in [3.63, 3.8) is 0 Å². The second-order valence-electron chi connectivity index (χ2n) is 5.01. The molecule has 4 nitrogen and oxygen atoms in total. The van der Waals surface area contributed by atoms with Crippen molar-refractivity contribution in [1.82, 2.24) is 14.8 Å². The van der Waals surface area contributed by atoms with Crippen LogP contribution >= 0.6 is 0 Å². The molecule has 0 atom stereocenters. The number of nitrogens with two attached hydrogens (primary N) is 1. The second kappa shape index (κ2) is 3.57. The van der Waals surface area contributed by atoms with Gasteiger partial charge in [0.2, 0.25) is 0 Å². The fourth-order valence-electron chi connectivity index (χ4n) is 2.98. The number of para-hydroxylation sites is 1. The molecule has 1 aliphatic carbocycles. The Kier molecular flexibility index (Phi) is 1.98. The molecule has 19 heavy (non-hydrogen) atoms. The minimum Gasteiger partial charge on any atom is -0.398 e. The van der Waals surface area contributed by atoms with E-state index < -0.39 is 0 Å². The summed E-state index contributed by atoms with van der Waals surface area (Å²) in [6.07, 6.45) is 3.86. The van der Waals surface area contributed by atoms with Gasteiger partial charge in [-0.05, 0) is 24.5 Å². The van der Waals surface area contributed by atoms with Crippen molar-refractivity contribution < 1.29 is 0 Å². The molecule has 4 rings (SSSR count). The van der Waals surface area contributed by atoms with Crippen molar-refractivity contribution in [3.05, 3.63) is 41.7 Å². The number of fused-ring (bicyclic) bond motifs is 4. The summed E-state index contributed by atoms with van der Waals surface area (Å²) in [7, 11) is 1.96. The van der Waals surface area contributed by atoms with Crippen LogP contribution in [0.4, 0.5) is 5.69 Å². The Morgan fingerprint density at radius 3 is 2.95 bits per heavy atom. The number of anilines is 1. The molecule has 0 bridgehead atoms. The van der Waals surface area contributed by atoms with Crippen molar-refractivity contribution in [3.8, 4) is 11.3 Å². The summed E-state index contributed by atoms with van der Waals surface area (Å²) < 4.78 is 1.90. The third-order valence-electron chi connectivity index (χ3n) is 3.89. The number of rotatable bonds is 0. The average molecular weight is 250 g/mol. The summed E-state index contributed by atoms with van der Waals surface area (Å²) in [5, 5.41) is 5.38. The normalized spacial score (nSPS) is 13.3. The van der Waals surface area contributed by atoms with Gasteiger partial charge in [-0.15, -0.1) is 0 Å². The molecular formula is C15H14N4. The largest absolute Gasteiger partial charge is 0.398 e. The number of aromatic nitrogens is 3. The van der Waals surface area contributed by atoms with E-state index >= 15 is 0 Å². The smallest absolute Gasteiger partial charge is 0.0750 e. The summed E-state index contributed by atoms with van der Waals surface area (Å²) in [5.41, 5.74) is 12.7. The van der Waals surface area contributed by atoms with Gasteiger partial charge in [0.05, 0.1) is 28.8 Å². The number of nitrogen functional groups attached to an aromatic ring is 1. The highest BCUT2D eigenvalue weighted by Crippen LogP contribution is 2.39. The molecule has 0 radical (unpaired) electrons. The second-order valence-corrected chi connectivity index (χ2v) is 5.01. The zero-order valence-electron chi connectivity index (χ0n) is 10.7. The number of nitrogens with zero attached hydrogens (tertiary/aromatic N) is 3. The fourth-order valence-corrected chi connectivity index (χ4v) is 2.98. The number of hydrogen-bond donors (Lipinski definition) is 1. The molecule has 1 aliphatic rings. The standard InChI is InChI=1S/C15H14N4/c1-19-15-9(8-17-19)6-7-12-13(15)14(16)10-4-2-3-5-11(10)18-12/h2-5,8H,6-7H2,1H3,(H2,16,18). The first-order chi connectivity index (χ1) is 9.25. The Bertz CT molecular complexity index is 801. The van der Waals surface area contributed by atoms with Gasteiger partial charge in [-0.2, -0.15) is 5.10 Å². The Labute approximate surface area is 110 Å². The lowest BCUT2D eigenvalue weighted by Gasteiger charge is -2.19. The fraction of sp³-hybridized carbons (Fsp3) is 0.200. The highest BCUT2D eigenvalue weighted by Gasteiger charge is 2.24. The summed E-state index contributed by atoms with van der Waals surface area (Å²) in [6, 6.07) is 8.05. The molecular weight excluding hydrogens is 236 g/mol. The lowest BCUT2D eigenvalue weighted by molar-refractivity contribution is 0.769. The van der Waals surface area contributed by atoms with E-state index in [2.05, 4.69) is 5.10 Å². The highest BCUT2D eigenvalue weighted by atomic mass is 15.3. The molecule has 4 heteroatoms. The highest BCUT2D eigenvalue weighted by molar-refractivity contribution is 5.99. The zero-order chi connectivity index (χ0) is 13.0. The van der Waals surface area contributed by atoms with Gasteiger partial charge in [0.15, 0.2) is 0 Å². The molecule has 0 aliphatic heterocycles. The zero-order valence-corrected chi connectivity index (χ0v) is 10.7. The molecule has 0 spiro atoms. The molecule has 2 N–H and O–H groups in total. The quantitative estimate of drug-likeness (QED) is 0.666. The van der Waals surface area contributed by atoms with Crippen LogP contribution in [0.2, 0.25) is 0 Å². The molecule has 0 amide bonds. The Morgan fingerprint density at radius 2 is 2.05 bits per heavy atom. The Morgan fingerprint density at radius 1 is 1.21 bits per heavy atom. The minimum atomic E-state index is 0.824. The lowest BCUT2D eigenvalue weighted by atomic mass is 9.91. The van der Waals surface area contributed by atoms with Crippen LogP contribution in [-0.4, -0.2) is 14.8 Å². The third-order valence-corrected chi connectivity index (χ3v) is 3.89. The maximum absolute atomic E-state index is 6.40. The SMILES string of the molecule is Cn1ncc2c1-c1c(nc3ccccc3c1N)CC2. The van der Waals surface area contributed by atoms with Crippen LogP contribution in [0, 0.1) is 0 Å². The summed E-state index contributed by atoms with van der Waals surface area (Å²) >= 11 is 0. The average Bonchev–Trinajstić information content (AvgIpc) is 2.81. The molecule has 2 aromatic heterocycles. The van der Waals surface area contributed by atoms with E-state index in [1.165, 1.54) is 5.56 Å². The first-order valence-electron chi connectivity index (χ1n) is 6.44. The number of hydrogen-bond acceptors (Lipinski definition) is 3. The van der Waals surface area contributed by atoms with Crippen LogP contribution in [0.15, 0.2) is 30.5 Å². The topological polar surface area (TPSA) is 56.7 Å². The monoisotopic (exact) mass is 250 g/mol. The molecule has 0 saturated carbocycles. The van der Waals surface area contributed by atoms with E-state index in [0.717, 1.165) is 46.4 Å². The van der Waals surface area contributed by atoms with Gasteiger partial charge in [0.25, 0.3) is 0 Å². The third kappa shape index (κ3) is 1.34. The first-order valence-corrected chi connectivity index (χ1v) is 6.44. The maximum Gasteiger partial charge on any atom is 0.0750 e. The van der Waals surface area contributed by atoms with Crippen molar-refractivity contribution in [2.75, 3.05) is 5.73 Å². The van der Waals surface area contributed by atoms with Crippen LogP contribution in [0.25, 0.3) is 22.2 Å². The number of pyridine rings is 1. The van der Waals surface area contributed by atoms with E-state index in [-0.39, 0.29) is 0 Å². The van der Waals surface area contributed by atoms with Gasteiger partial charge in [0.1, 0.15) is 0 Å². The van der Waals surface area contributed by atoms with Gasteiger partial charge in [-0.1, -0.05) is 18.2 Å². The van der Waals surface area contributed by atoms with Gasteiger partial charge in [-0.3, -0.25) is 9.67 Å². The lowest BCUT2D eigenvalue weighted by Crippen LogP contribution is -2.10. The van der Waals surface area contributed by atoms with Gasteiger partial charge in [0, 0.05) is 18.0 Å².